The maximum atomic E-state index is 12.7. The molecule has 0 spiro atoms. The number of carbonyl (C=O) groups excluding carboxylic acids is 1. The number of nitrogens with zero attached hydrogens (tertiary/aromatic N) is 1. The lowest BCUT2D eigenvalue weighted by Crippen LogP contribution is -2.66. The maximum absolute atomic E-state index is 12.7. The standard InChI is InChI=1S/C16H27N5O7S3/c1-7-12-11(8(2)20-30(3,25)26)15(22)21(12)13(16(23)24)14(7)29-10-4-9(18-6-10)5-19-31(17,27)28/h7-12,18-20H,4-6H2,1-3H3,(H,23,24)(H2,17,27,28)/t7-,8?,9+,10+,11-,12-/m1/s1. The summed E-state index contributed by atoms with van der Waals surface area (Å²) in [6.45, 7) is 4.10. The number of fused-ring (bicyclic) bond motifs is 1. The summed E-state index contributed by atoms with van der Waals surface area (Å²) in [4.78, 5) is 26.5. The Morgan fingerprint density at radius 2 is 2.03 bits per heavy atom. The van der Waals surface area contributed by atoms with E-state index in [1.807, 2.05) is 6.92 Å². The van der Waals surface area contributed by atoms with Gasteiger partial charge in [-0.25, -0.2) is 27.8 Å². The Labute approximate surface area is 185 Å². The van der Waals surface area contributed by atoms with Gasteiger partial charge in [0.05, 0.1) is 18.2 Å². The second-order valence-electron chi connectivity index (χ2n) is 8.18. The van der Waals surface area contributed by atoms with Crippen molar-refractivity contribution < 1.29 is 31.5 Å². The van der Waals surface area contributed by atoms with Crippen LogP contribution in [0, 0.1) is 11.8 Å². The summed E-state index contributed by atoms with van der Waals surface area (Å²) in [5, 5.41) is 17.9. The van der Waals surface area contributed by atoms with Crippen LogP contribution in [0.25, 0.3) is 0 Å². The number of β-lactam (4-membered cyclic amide) rings is 1. The SMILES string of the molecule is CC(NS(C)(=O)=O)[C@H]1C(=O)N2C(C(=O)O)=C(S[C@@H]3CN[C@H](CNS(N)(=O)=O)C3)[C@H](C)[C@H]12. The molecule has 0 aromatic rings. The third kappa shape index (κ3) is 5.23. The van der Waals surface area contributed by atoms with Crippen molar-refractivity contribution in [3.8, 4) is 0 Å². The number of carboxylic acid groups (broad SMARTS) is 1. The molecule has 0 aromatic heterocycles. The van der Waals surface area contributed by atoms with Crippen LogP contribution in [0.2, 0.25) is 0 Å². The minimum absolute atomic E-state index is 0.0158. The van der Waals surface area contributed by atoms with E-state index in [9.17, 15) is 31.5 Å². The largest absolute Gasteiger partial charge is 0.477 e. The second-order valence-corrected chi connectivity index (χ2v) is 12.7. The van der Waals surface area contributed by atoms with Crippen molar-refractivity contribution in [1.82, 2.24) is 19.7 Å². The Morgan fingerprint density at radius 3 is 2.58 bits per heavy atom. The van der Waals surface area contributed by atoms with Crippen LogP contribution in [0.4, 0.5) is 0 Å². The summed E-state index contributed by atoms with van der Waals surface area (Å²) in [6, 6.07) is -1.24. The number of carbonyl (C=O) groups is 2. The van der Waals surface area contributed by atoms with Gasteiger partial charge in [-0.3, -0.25) is 4.79 Å². The molecule has 176 valence electrons. The number of hydrogen-bond acceptors (Lipinski definition) is 8. The fourth-order valence-corrected chi connectivity index (χ4v) is 7.31. The quantitative estimate of drug-likeness (QED) is 0.223. The molecule has 0 bridgehead atoms. The molecule has 6 atom stereocenters. The Kier molecular flexibility index (Phi) is 6.78. The predicted molar refractivity (Wildman–Crippen MR) is 114 cm³/mol. The molecular formula is C16H27N5O7S3. The van der Waals surface area contributed by atoms with E-state index < -0.39 is 50.1 Å². The van der Waals surface area contributed by atoms with Crippen LogP contribution in [0.1, 0.15) is 20.3 Å². The number of aliphatic carboxylic acids is 1. The number of sulfonamides is 1. The highest BCUT2D eigenvalue weighted by atomic mass is 32.2. The highest BCUT2D eigenvalue weighted by Crippen LogP contribution is 2.51. The molecule has 3 aliphatic rings. The van der Waals surface area contributed by atoms with Crippen LogP contribution in [-0.2, 0) is 29.8 Å². The average molecular weight is 498 g/mol. The van der Waals surface area contributed by atoms with E-state index in [0.29, 0.717) is 17.9 Å². The van der Waals surface area contributed by atoms with Crippen molar-refractivity contribution >= 4 is 43.9 Å². The number of nitrogens with two attached hydrogens (primary N) is 1. The highest BCUT2D eigenvalue weighted by Gasteiger charge is 2.60. The first-order valence-electron chi connectivity index (χ1n) is 9.65. The third-order valence-electron chi connectivity index (χ3n) is 5.74. The lowest BCUT2D eigenvalue weighted by Gasteiger charge is -2.47. The Balaban J connectivity index is 1.73. The second kappa shape index (κ2) is 8.61. The highest BCUT2D eigenvalue weighted by molar-refractivity contribution is 8.03. The Hall–Kier alpha value is -1.23. The van der Waals surface area contributed by atoms with E-state index in [1.165, 1.54) is 16.7 Å². The number of thioether (sulfide) groups is 1. The molecule has 3 heterocycles. The van der Waals surface area contributed by atoms with Crippen LogP contribution in [0.5, 0.6) is 0 Å². The fourth-order valence-electron chi connectivity index (χ4n) is 4.53. The molecule has 0 radical (unpaired) electrons. The summed E-state index contributed by atoms with van der Waals surface area (Å²) in [7, 11) is -7.32. The predicted octanol–water partition coefficient (Wildman–Crippen LogP) is -2.05. The van der Waals surface area contributed by atoms with Crippen LogP contribution in [-0.4, -0.2) is 81.4 Å². The summed E-state index contributed by atoms with van der Waals surface area (Å²) < 4.78 is 50.0. The Bertz CT molecular complexity index is 1010. The molecule has 1 unspecified atom stereocenters. The van der Waals surface area contributed by atoms with E-state index in [4.69, 9.17) is 5.14 Å². The normalized spacial score (nSPS) is 32.2. The van der Waals surface area contributed by atoms with Crippen molar-refractivity contribution in [2.75, 3.05) is 19.3 Å². The molecule has 6 N–H and O–H groups in total. The van der Waals surface area contributed by atoms with Gasteiger partial charge in [-0.2, -0.15) is 8.42 Å². The molecule has 3 aliphatic heterocycles. The van der Waals surface area contributed by atoms with Gasteiger partial charge < -0.3 is 15.3 Å². The first kappa shape index (κ1) is 24.4. The zero-order chi connectivity index (χ0) is 23.3. The molecule has 0 aromatic carbocycles. The van der Waals surface area contributed by atoms with Crippen LogP contribution >= 0.6 is 11.8 Å². The van der Waals surface area contributed by atoms with Crippen molar-refractivity contribution in [3.63, 3.8) is 0 Å². The molecule has 15 heteroatoms. The molecule has 12 nitrogen and oxygen atoms in total. The first-order chi connectivity index (χ1) is 14.2. The number of amides is 1. The molecule has 2 saturated heterocycles. The van der Waals surface area contributed by atoms with E-state index in [-0.39, 0.29) is 29.5 Å². The summed E-state index contributed by atoms with van der Waals surface area (Å²) in [5.41, 5.74) is -0.0542. The van der Waals surface area contributed by atoms with Crippen molar-refractivity contribution in [3.05, 3.63) is 10.6 Å². The third-order valence-corrected chi connectivity index (χ3v) is 8.62. The fraction of sp³-hybridized carbons (Fsp3) is 0.750. The number of hydrogen-bond donors (Lipinski definition) is 5. The minimum Gasteiger partial charge on any atom is -0.477 e. The van der Waals surface area contributed by atoms with E-state index >= 15 is 0 Å². The van der Waals surface area contributed by atoms with Crippen molar-refractivity contribution in [1.29, 1.82) is 0 Å². The van der Waals surface area contributed by atoms with Crippen molar-refractivity contribution in [2.24, 2.45) is 17.0 Å². The average Bonchev–Trinajstić information content (AvgIpc) is 3.13. The van der Waals surface area contributed by atoms with Gasteiger partial charge in [0, 0.05) is 41.2 Å². The van der Waals surface area contributed by atoms with E-state index in [2.05, 4.69) is 14.8 Å². The topological polar surface area (TPSA) is 188 Å². The smallest absolute Gasteiger partial charge is 0.353 e. The van der Waals surface area contributed by atoms with Crippen LogP contribution in [0.15, 0.2) is 10.6 Å². The lowest BCUT2D eigenvalue weighted by molar-refractivity contribution is -0.157. The summed E-state index contributed by atoms with van der Waals surface area (Å²) >= 11 is 1.37. The molecule has 31 heavy (non-hydrogen) atoms. The maximum Gasteiger partial charge on any atom is 0.353 e. The number of rotatable bonds is 9. The molecule has 0 saturated carbocycles. The molecule has 0 aliphatic carbocycles. The van der Waals surface area contributed by atoms with Gasteiger partial charge in [0.2, 0.25) is 15.9 Å². The number of nitrogens with one attached hydrogen (secondary N) is 3. The number of carboxylic acids is 1. The van der Waals surface area contributed by atoms with Gasteiger partial charge in [0.1, 0.15) is 5.70 Å². The summed E-state index contributed by atoms with van der Waals surface area (Å²) in [5.74, 6) is -2.53. The van der Waals surface area contributed by atoms with Gasteiger partial charge in [0.15, 0.2) is 0 Å². The summed E-state index contributed by atoms with van der Waals surface area (Å²) in [6.07, 6.45) is 1.60. The first-order valence-corrected chi connectivity index (χ1v) is 14.0. The van der Waals surface area contributed by atoms with Crippen molar-refractivity contribution in [2.45, 2.75) is 43.6 Å². The molecule has 1 amide bonds. The van der Waals surface area contributed by atoms with Gasteiger partial charge >= 0.3 is 5.97 Å². The molecule has 2 fully saturated rings. The van der Waals surface area contributed by atoms with Crippen LogP contribution in [0.3, 0.4) is 0 Å². The van der Waals surface area contributed by atoms with Crippen LogP contribution < -0.4 is 19.9 Å². The monoisotopic (exact) mass is 497 g/mol. The van der Waals surface area contributed by atoms with E-state index in [0.717, 1.165) is 6.26 Å². The van der Waals surface area contributed by atoms with Gasteiger partial charge in [-0.1, -0.05) is 6.92 Å². The molecule has 3 rings (SSSR count). The Morgan fingerprint density at radius 1 is 1.39 bits per heavy atom. The zero-order valence-corrected chi connectivity index (χ0v) is 19.7. The minimum atomic E-state index is -3.80. The van der Waals surface area contributed by atoms with E-state index in [1.54, 1.807) is 6.92 Å². The molecular weight excluding hydrogens is 470 g/mol. The van der Waals surface area contributed by atoms with Gasteiger partial charge in [-0.15, -0.1) is 11.8 Å². The van der Waals surface area contributed by atoms with Gasteiger partial charge in [-0.05, 0) is 13.3 Å². The lowest BCUT2D eigenvalue weighted by atomic mass is 9.78. The zero-order valence-electron chi connectivity index (χ0n) is 17.2. The van der Waals surface area contributed by atoms with Gasteiger partial charge in [0.25, 0.3) is 10.2 Å².